The van der Waals surface area contributed by atoms with Gasteiger partial charge in [-0.3, -0.25) is 0 Å². The molecule has 0 N–H and O–H groups in total. The van der Waals surface area contributed by atoms with Crippen LogP contribution in [0, 0.1) is 0 Å². The van der Waals surface area contributed by atoms with E-state index in [9.17, 15) is 0 Å². The van der Waals surface area contributed by atoms with Crippen molar-refractivity contribution in [3.63, 3.8) is 0 Å². The summed E-state index contributed by atoms with van der Waals surface area (Å²) in [5, 5.41) is 5.06. The molecule has 2 aliphatic rings. The third-order valence-corrected chi connectivity index (χ3v) is 13.4. The molecule has 1 aromatic heterocycles. The lowest BCUT2D eigenvalue weighted by atomic mass is 9.61. The number of fused-ring (bicyclic) bond motifs is 12. The van der Waals surface area contributed by atoms with E-state index in [-0.39, 0.29) is 0 Å². The Hall–Kier alpha value is -7.94. The Morgan fingerprint density at radius 1 is 0.344 bits per heavy atom. The second kappa shape index (κ2) is 13.0. The summed E-state index contributed by atoms with van der Waals surface area (Å²) in [5.74, 6) is 0. The molecular weight excluding hydrogens is 737 g/mol. The number of para-hydroxylation sites is 3. The summed E-state index contributed by atoms with van der Waals surface area (Å²) in [6.07, 6.45) is 0. The summed E-state index contributed by atoms with van der Waals surface area (Å²) in [4.78, 5) is 2.45. The monoisotopic (exact) mass is 774 g/mol. The molecular formula is C59H38N2. The van der Waals surface area contributed by atoms with Crippen LogP contribution < -0.4 is 4.90 Å². The molecule has 0 fully saturated rings. The molecule has 0 saturated heterocycles. The molecule has 0 aliphatic heterocycles. The van der Waals surface area contributed by atoms with E-state index in [4.69, 9.17) is 0 Å². The predicted octanol–water partition coefficient (Wildman–Crippen LogP) is 15.4. The molecule has 11 aromatic rings. The summed E-state index contributed by atoms with van der Waals surface area (Å²) in [5.41, 5.74) is 19.3. The second-order valence-corrected chi connectivity index (χ2v) is 16.4. The largest absolute Gasteiger partial charge is 0.310 e. The van der Waals surface area contributed by atoms with Crippen molar-refractivity contribution in [3.8, 4) is 39.1 Å². The average molecular weight is 775 g/mol. The fraction of sp³-hybridized carbons (Fsp3) is 0.0169. The molecule has 61 heavy (non-hydrogen) atoms. The lowest BCUT2D eigenvalue weighted by Gasteiger charge is -2.40. The molecule has 0 bridgehead atoms. The zero-order valence-corrected chi connectivity index (χ0v) is 33.3. The molecule has 0 amide bonds. The van der Waals surface area contributed by atoms with Crippen LogP contribution in [-0.4, -0.2) is 4.57 Å². The highest BCUT2D eigenvalue weighted by atomic mass is 15.1. The van der Waals surface area contributed by atoms with Gasteiger partial charge in [0.25, 0.3) is 0 Å². The topological polar surface area (TPSA) is 8.17 Å². The van der Waals surface area contributed by atoms with E-state index >= 15 is 0 Å². The number of rotatable bonds is 5. The molecule has 284 valence electrons. The maximum Gasteiger partial charge on any atom is 0.0726 e. The van der Waals surface area contributed by atoms with E-state index in [2.05, 4.69) is 240 Å². The molecule has 1 atom stereocenters. The van der Waals surface area contributed by atoms with Gasteiger partial charge in [-0.25, -0.2) is 0 Å². The van der Waals surface area contributed by atoms with Crippen molar-refractivity contribution in [2.75, 3.05) is 4.90 Å². The highest BCUT2D eigenvalue weighted by molar-refractivity contribution is 6.11. The zero-order chi connectivity index (χ0) is 40.1. The molecule has 0 radical (unpaired) electrons. The van der Waals surface area contributed by atoms with Crippen molar-refractivity contribution >= 4 is 49.6 Å². The van der Waals surface area contributed by atoms with Crippen LogP contribution in [0.4, 0.5) is 17.1 Å². The molecule has 1 heterocycles. The van der Waals surface area contributed by atoms with Gasteiger partial charge in [0.05, 0.1) is 16.4 Å². The SMILES string of the molecule is c1ccc(-c2cccc3c2-c2ccc(N(c4ccccc4)c4ccc5c(c4)c4ccccc4n5-c4ccccc4)cc2C32c3ccccc3-c3cccc4cccc2c34)cc1. The Morgan fingerprint density at radius 2 is 0.951 bits per heavy atom. The fourth-order valence-electron chi connectivity index (χ4n) is 11.0. The first kappa shape index (κ1) is 34.0. The molecule has 2 heteroatoms. The van der Waals surface area contributed by atoms with Gasteiger partial charge in [-0.2, -0.15) is 0 Å². The van der Waals surface area contributed by atoms with Gasteiger partial charge >= 0.3 is 0 Å². The fourth-order valence-corrected chi connectivity index (χ4v) is 11.0. The van der Waals surface area contributed by atoms with Crippen LogP contribution >= 0.6 is 0 Å². The zero-order valence-electron chi connectivity index (χ0n) is 33.3. The number of nitrogens with zero attached hydrogens (tertiary/aromatic N) is 2. The van der Waals surface area contributed by atoms with E-state index in [0.717, 1.165) is 22.7 Å². The van der Waals surface area contributed by atoms with Crippen molar-refractivity contribution < 1.29 is 0 Å². The minimum Gasteiger partial charge on any atom is -0.310 e. The summed E-state index contributed by atoms with van der Waals surface area (Å²) in [6, 6.07) is 85.4. The third kappa shape index (κ3) is 4.73. The number of benzene rings is 10. The van der Waals surface area contributed by atoms with Crippen LogP contribution in [0.2, 0.25) is 0 Å². The molecule has 2 aliphatic carbocycles. The van der Waals surface area contributed by atoms with Crippen molar-refractivity contribution in [2.45, 2.75) is 5.41 Å². The van der Waals surface area contributed by atoms with Gasteiger partial charge in [-0.15, -0.1) is 0 Å². The minimum absolute atomic E-state index is 0.564. The van der Waals surface area contributed by atoms with Crippen LogP contribution in [-0.2, 0) is 5.41 Å². The Bertz CT molecular complexity index is 3520. The Morgan fingerprint density at radius 3 is 1.80 bits per heavy atom. The standard InChI is InChI=1S/C59H38N2/c1-4-17-39(18-5-1)45-27-16-31-53-58(45)49-35-33-44(38-54(49)59(53)51-29-12-10-25-46(51)48-28-14-19-40-20-15-30-52(59)57(40)48)60(41-21-6-2-7-22-41)43-34-36-56-50(37-43)47-26-11-13-32-55(47)61(56)42-23-8-3-9-24-42/h1-38H. The first-order valence-corrected chi connectivity index (χ1v) is 21.2. The molecule has 10 aromatic carbocycles. The van der Waals surface area contributed by atoms with E-state index in [1.807, 2.05) is 0 Å². The van der Waals surface area contributed by atoms with Crippen molar-refractivity contribution in [2.24, 2.45) is 0 Å². The summed E-state index contributed by atoms with van der Waals surface area (Å²) in [7, 11) is 0. The first-order valence-electron chi connectivity index (χ1n) is 21.2. The molecule has 1 unspecified atom stereocenters. The van der Waals surface area contributed by atoms with Crippen LogP contribution in [0.25, 0.3) is 71.6 Å². The minimum atomic E-state index is -0.564. The highest BCUT2D eigenvalue weighted by Gasteiger charge is 2.51. The van der Waals surface area contributed by atoms with Crippen molar-refractivity contribution in [1.82, 2.24) is 4.57 Å². The number of hydrogen-bond acceptors (Lipinski definition) is 1. The van der Waals surface area contributed by atoms with Gasteiger partial charge in [0, 0.05) is 33.5 Å². The van der Waals surface area contributed by atoms with Gasteiger partial charge in [0.2, 0.25) is 0 Å². The van der Waals surface area contributed by atoms with Crippen LogP contribution in [0.15, 0.2) is 231 Å². The van der Waals surface area contributed by atoms with Gasteiger partial charge < -0.3 is 9.47 Å². The van der Waals surface area contributed by atoms with Gasteiger partial charge in [-0.1, -0.05) is 170 Å². The predicted molar refractivity (Wildman–Crippen MR) is 255 cm³/mol. The van der Waals surface area contributed by atoms with Crippen LogP contribution in [0.1, 0.15) is 22.3 Å². The summed E-state index contributed by atoms with van der Waals surface area (Å²) < 4.78 is 2.39. The molecule has 0 saturated carbocycles. The molecule has 2 nitrogen and oxygen atoms in total. The van der Waals surface area contributed by atoms with Crippen molar-refractivity contribution in [3.05, 3.63) is 253 Å². The maximum absolute atomic E-state index is 2.51. The first-order chi connectivity index (χ1) is 30.3. The Labute approximate surface area is 354 Å². The quantitative estimate of drug-likeness (QED) is 0.169. The normalized spacial score (nSPS) is 14.6. The van der Waals surface area contributed by atoms with Crippen LogP contribution in [0.5, 0.6) is 0 Å². The number of aromatic nitrogens is 1. The summed E-state index contributed by atoms with van der Waals surface area (Å²) >= 11 is 0. The highest BCUT2D eigenvalue weighted by Crippen LogP contribution is 2.63. The average Bonchev–Trinajstić information content (AvgIpc) is 3.82. The van der Waals surface area contributed by atoms with E-state index in [1.165, 1.54) is 88.2 Å². The Kier molecular flexibility index (Phi) is 7.26. The maximum atomic E-state index is 2.51. The molecule has 1 spiro atoms. The van der Waals surface area contributed by atoms with Gasteiger partial charge in [0.1, 0.15) is 0 Å². The summed E-state index contributed by atoms with van der Waals surface area (Å²) in [6.45, 7) is 0. The lowest BCUT2D eigenvalue weighted by molar-refractivity contribution is 0.773. The van der Waals surface area contributed by atoms with Gasteiger partial charge in [0.15, 0.2) is 0 Å². The second-order valence-electron chi connectivity index (χ2n) is 16.4. The number of hydrogen-bond donors (Lipinski definition) is 0. The van der Waals surface area contributed by atoms with Crippen molar-refractivity contribution in [1.29, 1.82) is 0 Å². The number of anilines is 3. The lowest BCUT2D eigenvalue weighted by Crippen LogP contribution is -2.32. The van der Waals surface area contributed by atoms with E-state index < -0.39 is 5.41 Å². The van der Waals surface area contributed by atoms with E-state index in [1.54, 1.807) is 0 Å². The van der Waals surface area contributed by atoms with Crippen LogP contribution in [0.3, 0.4) is 0 Å². The van der Waals surface area contributed by atoms with Gasteiger partial charge in [-0.05, 0) is 127 Å². The third-order valence-electron chi connectivity index (χ3n) is 13.4. The smallest absolute Gasteiger partial charge is 0.0726 e. The Balaban J connectivity index is 1.12. The molecule has 13 rings (SSSR count). The van der Waals surface area contributed by atoms with E-state index in [0.29, 0.717) is 0 Å².